The molecular weight excluding hydrogens is 257 g/mol. The average molecular weight is 271 g/mol. The smallest absolute Gasteiger partial charge is 0.221 e. The van der Waals surface area contributed by atoms with Crippen LogP contribution in [0.25, 0.3) is 0 Å². The van der Waals surface area contributed by atoms with Gasteiger partial charge < -0.3 is 0 Å². The SMILES string of the molecule is O=C(CS(=O)(=O)N1CCCC1)c1ccc(F)cc1. The summed E-state index contributed by atoms with van der Waals surface area (Å²) in [4.78, 5) is 11.8. The molecule has 0 saturated carbocycles. The van der Waals surface area contributed by atoms with Crippen molar-refractivity contribution in [1.29, 1.82) is 0 Å². The quantitative estimate of drug-likeness (QED) is 0.779. The Hall–Kier alpha value is -1.27. The lowest BCUT2D eigenvalue weighted by Gasteiger charge is -2.14. The van der Waals surface area contributed by atoms with Crippen molar-refractivity contribution < 1.29 is 17.6 Å². The van der Waals surface area contributed by atoms with E-state index in [1.807, 2.05) is 0 Å². The fourth-order valence-electron chi connectivity index (χ4n) is 1.94. The van der Waals surface area contributed by atoms with Crippen LogP contribution in [-0.4, -0.2) is 37.3 Å². The summed E-state index contributed by atoms with van der Waals surface area (Å²) in [6.07, 6.45) is 1.67. The molecule has 0 bridgehead atoms. The highest BCUT2D eigenvalue weighted by Crippen LogP contribution is 2.14. The Morgan fingerprint density at radius 1 is 1.17 bits per heavy atom. The van der Waals surface area contributed by atoms with E-state index in [0.717, 1.165) is 25.0 Å². The lowest BCUT2D eigenvalue weighted by Crippen LogP contribution is -2.33. The second-order valence-corrected chi connectivity index (χ2v) is 6.26. The zero-order valence-electron chi connectivity index (χ0n) is 9.80. The fourth-order valence-corrected chi connectivity index (χ4v) is 3.44. The van der Waals surface area contributed by atoms with Gasteiger partial charge in [0, 0.05) is 18.7 Å². The van der Waals surface area contributed by atoms with Crippen molar-refractivity contribution in [2.75, 3.05) is 18.8 Å². The van der Waals surface area contributed by atoms with Crippen molar-refractivity contribution in [3.05, 3.63) is 35.6 Å². The molecule has 6 heteroatoms. The van der Waals surface area contributed by atoms with Gasteiger partial charge in [-0.3, -0.25) is 4.79 Å². The number of rotatable bonds is 4. The summed E-state index contributed by atoms with van der Waals surface area (Å²) in [6, 6.07) is 4.90. The van der Waals surface area contributed by atoms with Gasteiger partial charge in [-0.05, 0) is 37.1 Å². The molecule has 1 aromatic carbocycles. The van der Waals surface area contributed by atoms with E-state index in [-0.39, 0.29) is 5.56 Å². The third kappa shape index (κ3) is 2.94. The lowest BCUT2D eigenvalue weighted by atomic mass is 10.1. The average Bonchev–Trinajstić information content (AvgIpc) is 2.83. The number of nitrogens with zero attached hydrogens (tertiary/aromatic N) is 1. The molecule has 0 aromatic heterocycles. The second-order valence-electron chi connectivity index (χ2n) is 4.29. The molecule has 1 aromatic rings. The molecule has 0 amide bonds. The summed E-state index contributed by atoms with van der Waals surface area (Å²) >= 11 is 0. The molecule has 98 valence electrons. The van der Waals surface area contributed by atoms with E-state index in [9.17, 15) is 17.6 Å². The van der Waals surface area contributed by atoms with Gasteiger partial charge in [0.2, 0.25) is 10.0 Å². The number of ketones is 1. The Bertz CT molecular complexity index is 533. The monoisotopic (exact) mass is 271 g/mol. The van der Waals surface area contributed by atoms with E-state index in [2.05, 4.69) is 0 Å². The summed E-state index contributed by atoms with van der Waals surface area (Å²) in [5.74, 6) is -1.49. The van der Waals surface area contributed by atoms with Gasteiger partial charge in [0.05, 0.1) is 0 Å². The molecule has 0 spiro atoms. The fraction of sp³-hybridized carbons (Fsp3) is 0.417. The maximum Gasteiger partial charge on any atom is 0.221 e. The molecule has 0 atom stereocenters. The number of sulfonamides is 1. The molecule has 0 radical (unpaired) electrons. The first kappa shape index (κ1) is 13.2. The van der Waals surface area contributed by atoms with Gasteiger partial charge in [0.1, 0.15) is 11.6 Å². The largest absolute Gasteiger partial charge is 0.293 e. The van der Waals surface area contributed by atoms with Crippen molar-refractivity contribution in [1.82, 2.24) is 4.31 Å². The lowest BCUT2D eigenvalue weighted by molar-refractivity contribution is 0.102. The summed E-state index contributed by atoms with van der Waals surface area (Å²) in [6.45, 7) is 0.970. The molecule has 4 nitrogen and oxygen atoms in total. The molecule has 1 heterocycles. The first-order valence-corrected chi connectivity index (χ1v) is 7.36. The zero-order valence-corrected chi connectivity index (χ0v) is 10.6. The minimum atomic E-state index is -3.53. The van der Waals surface area contributed by atoms with Crippen LogP contribution in [0.3, 0.4) is 0 Å². The summed E-state index contributed by atoms with van der Waals surface area (Å²) < 4.78 is 37.9. The highest BCUT2D eigenvalue weighted by molar-refractivity contribution is 7.89. The van der Waals surface area contributed by atoms with Gasteiger partial charge in [-0.25, -0.2) is 17.1 Å². The van der Waals surface area contributed by atoms with Gasteiger partial charge in [-0.15, -0.1) is 0 Å². The molecule has 0 unspecified atom stereocenters. The van der Waals surface area contributed by atoms with Gasteiger partial charge in [0.25, 0.3) is 0 Å². The number of benzene rings is 1. The van der Waals surface area contributed by atoms with Crippen LogP contribution in [0.1, 0.15) is 23.2 Å². The van der Waals surface area contributed by atoms with Crippen molar-refractivity contribution in [3.63, 3.8) is 0 Å². The molecule has 1 fully saturated rings. The summed E-state index contributed by atoms with van der Waals surface area (Å²) in [5, 5.41) is 0. The molecular formula is C12H14FNO3S. The van der Waals surface area contributed by atoms with E-state index >= 15 is 0 Å². The molecule has 1 aliphatic rings. The first-order valence-electron chi connectivity index (χ1n) is 5.76. The highest BCUT2D eigenvalue weighted by Gasteiger charge is 2.27. The Morgan fingerprint density at radius 3 is 2.28 bits per heavy atom. The third-order valence-corrected chi connectivity index (χ3v) is 4.72. The van der Waals surface area contributed by atoms with Crippen LogP contribution in [0.2, 0.25) is 0 Å². The topological polar surface area (TPSA) is 54.5 Å². The number of Topliss-reactive ketones (excluding diaryl/α,β-unsaturated/α-hetero) is 1. The second kappa shape index (κ2) is 5.16. The molecule has 0 N–H and O–H groups in total. The highest BCUT2D eigenvalue weighted by atomic mass is 32.2. The molecule has 2 rings (SSSR count). The van der Waals surface area contributed by atoms with E-state index in [0.29, 0.717) is 13.1 Å². The Morgan fingerprint density at radius 2 is 1.72 bits per heavy atom. The minimum Gasteiger partial charge on any atom is -0.293 e. The van der Waals surface area contributed by atoms with Gasteiger partial charge in [0.15, 0.2) is 5.78 Å². The van der Waals surface area contributed by atoms with Crippen LogP contribution in [0.4, 0.5) is 4.39 Å². The Labute approximate surface area is 105 Å². The predicted molar refractivity (Wildman–Crippen MR) is 65.3 cm³/mol. The standard InChI is InChI=1S/C12H14FNO3S/c13-11-5-3-10(4-6-11)12(15)9-18(16,17)14-7-1-2-8-14/h3-6H,1-2,7-9H2. The van der Waals surface area contributed by atoms with Crippen LogP contribution in [-0.2, 0) is 10.0 Å². The Balaban J connectivity index is 2.09. The predicted octanol–water partition coefficient (Wildman–Crippen LogP) is 1.43. The summed E-state index contributed by atoms with van der Waals surface area (Å²) in [5.41, 5.74) is 0.221. The zero-order chi connectivity index (χ0) is 13.2. The minimum absolute atomic E-state index is 0.221. The normalized spacial score (nSPS) is 16.9. The third-order valence-electron chi connectivity index (χ3n) is 2.94. The van der Waals surface area contributed by atoms with Crippen LogP contribution < -0.4 is 0 Å². The molecule has 1 aliphatic heterocycles. The molecule has 0 aliphatic carbocycles. The van der Waals surface area contributed by atoms with E-state index in [4.69, 9.17) is 0 Å². The molecule has 18 heavy (non-hydrogen) atoms. The van der Waals surface area contributed by atoms with Crippen LogP contribution in [0, 0.1) is 5.82 Å². The number of carbonyl (C=O) groups excluding carboxylic acids is 1. The maximum absolute atomic E-state index is 12.7. The summed E-state index contributed by atoms with van der Waals surface area (Å²) in [7, 11) is -3.53. The van der Waals surface area contributed by atoms with E-state index < -0.39 is 27.4 Å². The number of halogens is 1. The van der Waals surface area contributed by atoms with Crippen molar-refractivity contribution in [2.24, 2.45) is 0 Å². The van der Waals surface area contributed by atoms with Gasteiger partial charge >= 0.3 is 0 Å². The van der Waals surface area contributed by atoms with Crippen molar-refractivity contribution in [2.45, 2.75) is 12.8 Å². The van der Waals surface area contributed by atoms with E-state index in [1.165, 1.54) is 16.4 Å². The first-order chi connectivity index (χ1) is 8.49. The molecule has 1 saturated heterocycles. The Kier molecular flexibility index (Phi) is 3.77. The van der Waals surface area contributed by atoms with Gasteiger partial charge in [-0.1, -0.05) is 0 Å². The van der Waals surface area contributed by atoms with Crippen molar-refractivity contribution >= 4 is 15.8 Å². The van der Waals surface area contributed by atoms with Crippen LogP contribution in [0.5, 0.6) is 0 Å². The maximum atomic E-state index is 12.7. The number of hydrogen-bond donors (Lipinski definition) is 0. The van der Waals surface area contributed by atoms with Crippen LogP contribution >= 0.6 is 0 Å². The van der Waals surface area contributed by atoms with Gasteiger partial charge in [-0.2, -0.15) is 0 Å². The van der Waals surface area contributed by atoms with Crippen molar-refractivity contribution in [3.8, 4) is 0 Å². The number of carbonyl (C=O) groups is 1. The number of hydrogen-bond acceptors (Lipinski definition) is 3. The van der Waals surface area contributed by atoms with Crippen LogP contribution in [0.15, 0.2) is 24.3 Å². The van der Waals surface area contributed by atoms with E-state index in [1.54, 1.807) is 0 Å².